The second kappa shape index (κ2) is 7.58. The molecule has 1 saturated heterocycles. The Morgan fingerprint density at radius 1 is 1.12 bits per heavy atom. The molecule has 136 valence electrons. The highest BCUT2D eigenvalue weighted by molar-refractivity contribution is 6.01. The number of carbonyl (C=O) groups excluding carboxylic acids is 2. The van der Waals surface area contributed by atoms with Crippen molar-refractivity contribution in [2.24, 2.45) is 0 Å². The predicted molar refractivity (Wildman–Crippen MR) is 101 cm³/mol. The number of nitrogens with one attached hydrogen (secondary N) is 2. The second-order valence-electron chi connectivity index (χ2n) is 6.74. The van der Waals surface area contributed by atoms with Crippen LogP contribution >= 0.6 is 0 Å². The Hall–Kier alpha value is -2.86. The zero-order chi connectivity index (χ0) is 18.7. The van der Waals surface area contributed by atoms with Gasteiger partial charge in [0.1, 0.15) is 6.04 Å². The van der Waals surface area contributed by atoms with E-state index in [1.165, 1.54) is 5.56 Å². The van der Waals surface area contributed by atoms with Gasteiger partial charge >= 0.3 is 0 Å². The molecule has 1 fully saturated rings. The summed E-state index contributed by atoms with van der Waals surface area (Å²) in [6.45, 7) is 4.96. The van der Waals surface area contributed by atoms with Crippen LogP contribution in [-0.2, 0) is 4.79 Å². The fraction of sp³-hybridized carbons (Fsp3) is 0.300. The molecule has 6 heteroatoms. The van der Waals surface area contributed by atoms with Crippen molar-refractivity contribution >= 4 is 23.2 Å². The molecule has 1 unspecified atom stereocenters. The van der Waals surface area contributed by atoms with Gasteiger partial charge in [-0.05, 0) is 54.3 Å². The summed E-state index contributed by atoms with van der Waals surface area (Å²) in [5.74, 6) is -0.0624. The van der Waals surface area contributed by atoms with Crippen molar-refractivity contribution in [2.75, 3.05) is 16.8 Å². The maximum atomic E-state index is 12.7. The standard InChI is InChI=1S/C20H23N3O3/c1-13(2)14-5-9-17(10-6-14)23-12-11-18(20(23)25)21-16-7-3-15(4-8-16)19(24)22-26/h3-10,13,18,21,26H,11-12H2,1-2H3,(H,22,24). The van der Waals surface area contributed by atoms with Crippen LogP contribution < -0.4 is 15.7 Å². The van der Waals surface area contributed by atoms with E-state index in [1.807, 2.05) is 12.1 Å². The molecular formula is C20H23N3O3. The van der Waals surface area contributed by atoms with Crippen molar-refractivity contribution in [2.45, 2.75) is 32.2 Å². The number of anilines is 2. The third-order valence-corrected chi connectivity index (χ3v) is 4.67. The summed E-state index contributed by atoms with van der Waals surface area (Å²) in [5.41, 5.74) is 4.87. The van der Waals surface area contributed by atoms with Crippen molar-refractivity contribution < 1.29 is 14.8 Å². The van der Waals surface area contributed by atoms with Crippen LogP contribution in [0.15, 0.2) is 48.5 Å². The summed E-state index contributed by atoms with van der Waals surface area (Å²) < 4.78 is 0. The molecule has 1 heterocycles. The smallest absolute Gasteiger partial charge is 0.274 e. The van der Waals surface area contributed by atoms with E-state index in [-0.39, 0.29) is 11.9 Å². The van der Waals surface area contributed by atoms with Crippen molar-refractivity contribution in [3.05, 3.63) is 59.7 Å². The SMILES string of the molecule is CC(C)c1ccc(N2CCC(Nc3ccc(C(=O)NO)cc3)C2=O)cc1. The highest BCUT2D eigenvalue weighted by Crippen LogP contribution is 2.26. The van der Waals surface area contributed by atoms with Crippen LogP contribution in [0, 0.1) is 0 Å². The summed E-state index contributed by atoms with van der Waals surface area (Å²) >= 11 is 0. The van der Waals surface area contributed by atoms with Crippen LogP contribution in [0.3, 0.4) is 0 Å². The number of rotatable bonds is 5. The number of hydroxylamine groups is 1. The van der Waals surface area contributed by atoms with Crippen LogP contribution in [0.5, 0.6) is 0 Å². The first-order chi connectivity index (χ1) is 12.5. The molecule has 1 aliphatic rings. The van der Waals surface area contributed by atoms with Gasteiger partial charge < -0.3 is 10.2 Å². The number of hydrogen-bond acceptors (Lipinski definition) is 4. The third kappa shape index (κ3) is 3.70. The Kier molecular flexibility index (Phi) is 5.23. The van der Waals surface area contributed by atoms with Crippen LogP contribution in [0.1, 0.15) is 42.1 Å². The summed E-state index contributed by atoms with van der Waals surface area (Å²) in [6.07, 6.45) is 0.712. The molecule has 2 amide bonds. The number of benzene rings is 2. The first-order valence-electron chi connectivity index (χ1n) is 8.72. The van der Waals surface area contributed by atoms with Gasteiger partial charge in [0.2, 0.25) is 5.91 Å². The summed E-state index contributed by atoms with van der Waals surface area (Å²) in [6, 6.07) is 14.5. The first kappa shape index (κ1) is 17.9. The summed E-state index contributed by atoms with van der Waals surface area (Å²) in [7, 11) is 0. The largest absolute Gasteiger partial charge is 0.374 e. The molecule has 3 N–H and O–H groups in total. The van der Waals surface area contributed by atoms with E-state index < -0.39 is 5.91 Å². The molecule has 6 nitrogen and oxygen atoms in total. The van der Waals surface area contributed by atoms with Gasteiger partial charge in [-0.3, -0.25) is 14.8 Å². The van der Waals surface area contributed by atoms with Crippen molar-refractivity contribution in [1.29, 1.82) is 0 Å². The maximum Gasteiger partial charge on any atom is 0.274 e. The Balaban J connectivity index is 1.66. The third-order valence-electron chi connectivity index (χ3n) is 4.67. The lowest BCUT2D eigenvalue weighted by molar-refractivity contribution is -0.117. The number of hydrogen-bond donors (Lipinski definition) is 3. The normalized spacial score (nSPS) is 16.8. The highest BCUT2D eigenvalue weighted by Gasteiger charge is 2.32. The fourth-order valence-corrected chi connectivity index (χ4v) is 3.09. The number of carbonyl (C=O) groups is 2. The minimum atomic E-state index is -0.565. The lowest BCUT2D eigenvalue weighted by atomic mass is 10.0. The topological polar surface area (TPSA) is 81.7 Å². The van der Waals surface area contributed by atoms with Gasteiger partial charge in [-0.25, -0.2) is 5.48 Å². The number of nitrogens with zero attached hydrogens (tertiary/aromatic N) is 1. The van der Waals surface area contributed by atoms with Crippen LogP contribution in [0.2, 0.25) is 0 Å². The Labute approximate surface area is 152 Å². The molecule has 0 radical (unpaired) electrons. The van der Waals surface area contributed by atoms with E-state index >= 15 is 0 Å². The van der Waals surface area contributed by atoms with Crippen molar-refractivity contribution in [3.63, 3.8) is 0 Å². The summed E-state index contributed by atoms with van der Waals surface area (Å²) in [4.78, 5) is 25.9. The molecule has 0 aromatic heterocycles. The Morgan fingerprint density at radius 3 is 2.35 bits per heavy atom. The lowest BCUT2D eigenvalue weighted by Gasteiger charge is -2.18. The quantitative estimate of drug-likeness (QED) is 0.570. The van der Waals surface area contributed by atoms with Gasteiger partial charge in [0, 0.05) is 23.5 Å². The monoisotopic (exact) mass is 353 g/mol. The van der Waals surface area contributed by atoms with E-state index in [0.717, 1.165) is 11.4 Å². The van der Waals surface area contributed by atoms with E-state index in [9.17, 15) is 9.59 Å². The molecule has 0 spiro atoms. The molecular weight excluding hydrogens is 330 g/mol. The fourth-order valence-electron chi connectivity index (χ4n) is 3.09. The Morgan fingerprint density at radius 2 is 1.77 bits per heavy atom. The molecule has 1 atom stereocenters. The van der Waals surface area contributed by atoms with Gasteiger partial charge in [-0.2, -0.15) is 0 Å². The van der Waals surface area contributed by atoms with Gasteiger partial charge in [0.05, 0.1) is 0 Å². The first-order valence-corrected chi connectivity index (χ1v) is 8.72. The molecule has 3 rings (SSSR count). The minimum Gasteiger partial charge on any atom is -0.374 e. The molecule has 26 heavy (non-hydrogen) atoms. The van der Waals surface area contributed by atoms with Gasteiger partial charge in [0.15, 0.2) is 0 Å². The molecule has 0 aliphatic carbocycles. The number of amides is 2. The van der Waals surface area contributed by atoms with E-state index in [0.29, 0.717) is 24.4 Å². The van der Waals surface area contributed by atoms with Crippen molar-refractivity contribution in [1.82, 2.24) is 5.48 Å². The predicted octanol–water partition coefficient (Wildman–Crippen LogP) is 3.15. The highest BCUT2D eigenvalue weighted by atomic mass is 16.5. The molecule has 2 aromatic carbocycles. The molecule has 0 bridgehead atoms. The van der Waals surface area contributed by atoms with E-state index in [1.54, 1.807) is 34.6 Å². The maximum absolute atomic E-state index is 12.7. The average Bonchev–Trinajstić information content (AvgIpc) is 3.02. The zero-order valence-corrected chi connectivity index (χ0v) is 14.9. The molecule has 0 saturated carbocycles. The summed E-state index contributed by atoms with van der Waals surface area (Å²) in [5, 5.41) is 11.9. The molecule has 2 aromatic rings. The van der Waals surface area contributed by atoms with Crippen molar-refractivity contribution in [3.8, 4) is 0 Å². The van der Waals surface area contributed by atoms with Crippen LogP contribution in [0.25, 0.3) is 0 Å². The van der Waals surface area contributed by atoms with Gasteiger partial charge in [-0.15, -0.1) is 0 Å². The van der Waals surface area contributed by atoms with Crippen LogP contribution in [0.4, 0.5) is 11.4 Å². The van der Waals surface area contributed by atoms with Crippen LogP contribution in [-0.4, -0.2) is 29.6 Å². The average molecular weight is 353 g/mol. The Bertz CT molecular complexity index is 785. The minimum absolute atomic E-state index is 0.0412. The van der Waals surface area contributed by atoms with E-state index in [2.05, 4.69) is 31.3 Å². The van der Waals surface area contributed by atoms with Gasteiger partial charge in [-0.1, -0.05) is 26.0 Å². The van der Waals surface area contributed by atoms with Gasteiger partial charge in [0.25, 0.3) is 5.91 Å². The zero-order valence-electron chi connectivity index (χ0n) is 14.9. The molecule has 1 aliphatic heterocycles. The second-order valence-corrected chi connectivity index (χ2v) is 6.74. The lowest BCUT2D eigenvalue weighted by Crippen LogP contribution is -2.33. The van der Waals surface area contributed by atoms with E-state index in [4.69, 9.17) is 5.21 Å².